The molecule has 0 amide bonds. The summed E-state index contributed by atoms with van der Waals surface area (Å²) in [6.45, 7) is 7.19. The number of rotatable bonds is 7. The van der Waals surface area contributed by atoms with Gasteiger partial charge in [0.1, 0.15) is 5.54 Å². The van der Waals surface area contributed by atoms with E-state index < -0.39 is 15.4 Å². The SMILES string of the molecule is CCOC(=O)C(C)(N)CCCCN1CCS(=O)(=O)CC1C. The minimum Gasteiger partial charge on any atom is -0.465 e. The maximum Gasteiger partial charge on any atom is 0.325 e. The molecule has 0 aromatic carbocycles. The van der Waals surface area contributed by atoms with E-state index in [1.54, 1.807) is 13.8 Å². The summed E-state index contributed by atoms with van der Waals surface area (Å²) in [6, 6.07) is 0.0677. The first-order valence-corrected chi connectivity index (χ1v) is 9.40. The predicted molar refractivity (Wildman–Crippen MR) is 82.8 cm³/mol. The van der Waals surface area contributed by atoms with Crippen LogP contribution in [-0.4, -0.2) is 62.1 Å². The van der Waals surface area contributed by atoms with Crippen LogP contribution >= 0.6 is 0 Å². The molecule has 0 radical (unpaired) electrons. The molecule has 6 nitrogen and oxygen atoms in total. The van der Waals surface area contributed by atoms with Gasteiger partial charge in [-0.05, 0) is 46.6 Å². The monoisotopic (exact) mass is 320 g/mol. The molecule has 0 saturated carbocycles. The molecule has 7 heteroatoms. The Morgan fingerprint density at radius 3 is 2.67 bits per heavy atom. The van der Waals surface area contributed by atoms with Crippen molar-refractivity contribution in [2.75, 3.05) is 31.2 Å². The Balaban J connectivity index is 2.30. The van der Waals surface area contributed by atoms with Crippen molar-refractivity contribution < 1.29 is 17.9 Å². The summed E-state index contributed by atoms with van der Waals surface area (Å²) in [4.78, 5) is 13.9. The molecule has 2 unspecified atom stereocenters. The Hall–Kier alpha value is -0.660. The molecule has 1 aliphatic rings. The van der Waals surface area contributed by atoms with Crippen LogP contribution in [0.4, 0.5) is 0 Å². The van der Waals surface area contributed by atoms with Gasteiger partial charge in [-0.3, -0.25) is 9.69 Å². The van der Waals surface area contributed by atoms with Crippen LogP contribution in [0.3, 0.4) is 0 Å². The summed E-state index contributed by atoms with van der Waals surface area (Å²) in [5.74, 6) is 0.126. The predicted octanol–water partition coefficient (Wildman–Crippen LogP) is 0.556. The molecule has 1 saturated heterocycles. The van der Waals surface area contributed by atoms with Gasteiger partial charge in [0.15, 0.2) is 9.84 Å². The van der Waals surface area contributed by atoms with Crippen LogP contribution in [0.25, 0.3) is 0 Å². The van der Waals surface area contributed by atoms with E-state index >= 15 is 0 Å². The molecular weight excluding hydrogens is 292 g/mol. The zero-order chi connectivity index (χ0) is 16.1. The number of hydrogen-bond acceptors (Lipinski definition) is 6. The number of esters is 1. The summed E-state index contributed by atoms with van der Waals surface area (Å²) in [5.41, 5.74) is 5.02. The molecule has 1 fully saturated rings. The van der Waals surface area contributed by atoms with Gasteiger partial charge in [0.05, 0.1) is 18.1 Å². The van der Waals surface area contributed by atoms with E-state index in [1.165, 1.54) is 0 Å². The lowest BCUT2D eigenvalue weighted by Crippen LogP contribution is -2.47. The van der Waals surface area contributed by atoms with Gasteiger partial charge in [-0.15, -0.1) is 0 Å². The number of sulfone groups is 1. The van der Waals surface area contributed by atoms with E-state index in [-0.39, 0.29) is 23.5 Å². The van der Waals surface area contributed by atoms with Gasteiger partial charge in [-0.2, -0.15) is 0 Å². The number of unbranched alkanes of at least 4 members (excludes halogenated alkanes) is 1. The van der Waals surface area contributed by atoms with Gasteiger partial charge in [0, 0.05) is 12.6 Å². The molecule has 2 atom stereocenters. The van der Waals surface area contributed by atoms with Gasteiger partial charge < -0.3 is 10.5 Å². The van der Waals surface area contributed by atoms with Crippen molar-refractivity contribution in [2.24, 2.45) is 5.73 Å². The first kappa shape index (κ1) is 18.4. The second-order valence-corrected chi connectivity index (χ2v) is 8.32. The third-order valence-corrected chi connectivity index (χ3v) is 5.74. The van der Waals surface area contributed by atoms with Crippen molar-refractivity contribution in [1.82, 2.24) is 4.90 Å². The second kappa shape index (κ2) is 7.56. The molecule has 21 heavy (non-hydrogen) atoms. The van der Waals surface area contributed by atoms with E-state index in [4.69, 9.17) is 10.5 Å². The first-order valence-electron chi connectivity index (χ1n) is 7.58. The number of carbonyl (C=O) groups is 1. The van der Waals surface area contributed by atoms with Crippen molar-refractivity contribution in [3.05, 3.63) is 0 Å². The van der Waals surface area contributed by atoms with Gasteiger partial charge >= 0.3 is 5.97 Å². The van der Waals surface area contributed by atoms with Crippen molar-refractivity contribution in [2.45, 2.75) is 51.6 Å². The van der Waals surface area contributed by atoms with E-state index in [2.05, 4.69) is 4.90 Å². The highest BCUT2D eigenvalue weighted by Gasteiger charge is 2.30. The van der Waals surface area contributed by atoms with E-state index in [0.717, 1.165) is 19.4 Å². The number of nitrogens with two attached hydrogens (primary N) is 1. The number of ether oxygens (including phenoxy) is 1. The maximum atomic E-state index is 11.7. The molecular formula is C14H28N2O4S. The molecule has 124 valence electrons. The number of nitrogens with zero attached hydrogens (tertiary/aromatic N) is 1. The molecule has 0 aromatic rings. The van der Waals surface area contributed by atoms with E-state index in [9.17, 15) is 13.2 Å². The van der Waals surface area contributed by atoms with Gasteiger partial charge in [-0.25, -0.2) is 8.42 Å². The Morgan fingerprint density at radius 2 is 2.10 bits per heavy atom. The average molecular weight is 320 g/mol. The Bertz CT molecular complexity index is 448. The fourth-order valence-corrected chi connectivity index (χ4v) is 4.20. The third-order valence-electron chi connectivity index (χ3n) is 3.94. The Kier molecular flexibility index (Phi) is 6.62. The normalized spacial score (nSPS) is 25.2. The summed E-state index contributed by atoms with van der Waals surface area (Å²) in [5, 5.41) is 0. The molecule has 1 rings (SSSR count). The number of hydrogen-bond donors (Lipinski definition) is 1. The van der Waals surface area contributed by atoms with Crippen LogP contribution in [0.1, 0.15) is 40.0 Å². The van der Waals surface area contributed by atoms with E-state index in [1.807, 2.05) is 6.92 Å². The summed E-state index contributed by atoms with van der Waals surface area (Å²) in [6.07, 6.45) is 2.30. The van der Waals surface area contributed by atoms with Crippen LogP contribution in [-0.2, 0) is 19.4 Å². The topological polar surface area (TPSA) is 89.7 Å². The zero-order valence-corrected chi connectivity index (χ0v) is 14.1. The first-order chi connectivity index (χ1) is 9.68. The standard InChI is InChI=1S/C14H28N2O4S/c1-4-20-13(17)14(3,15)7-5-6-8-16-9-10-21(18,19)11-12(16)2/h12H,4-11,15H2,1-3H3. The minimum absolute atomic E-state index is 0.0677. The lowest BCUT2D eigenvalue weighted by atomic mass is 9.96. The minimum atomic E-state index is -2.86. The number of carbonyl (C=O) groups excluding carboxylic acids is 1. The van der Waals surface area contributed by atoms with Crippen molar-refractivity contribution in [3.63, 3.8) is 0 Å². The molecule has 0 aromatic heterocycles. The van der Waals surface area contributed by atoms with Crippen LogP contribution in [0.5, 0.6) is 0 Å². The van der Waals surface area contributed by atoms with Crippen molar-refractivity contribution in [1.29, 1.82) is 0 Å². The largest absolute Gasteiger partial charge is 0.465 e. The quantitative estimate of drug-likeness (QED) is 0.544. The van der Waals surface area contributed by atoms with Gasteiger partial charge in [0.25, 0.3) is 0 Å². The average Bonchev–Trinajstić information content (AvgIpc) is 2.36. The molecule has 1 heterocycles. The lowest BCUT2D eigenvalue weighted by molar-refractivity contribution is -0.149. The van der Waals surface area contributed by atoms with E-state index in [0.29, 0.717) is 19.6 Å². The van der Waals surface area contributed by atoms with Crippen LogP contribution in [0.2, 0.25) is 0 Å². The maximum absolute atomic E-state index is 11.7. The fraction of sp³-hybridized carbons (Fsp3) is 0.929. The van der Waals surface area contributed by atoms with Crippen molar-refractivity contribution in [3.8, 4) is 0 Å². The van der Waals surface area contributed by atoms with Crippen LogP contribution in [0, 0.1) is 0 Å². The fourth-order valence-electron chi connectivity index (χ4n) is 2.57. The summed E-state index contributed by atoms with van der Waals surface area (Å²) < 4.78 is 28.0. The van der Waals surface area contributed by atoms with Crippen LogP contribution in [0.15, 0.2) is 0 Å². The zero-order valence-electron chi connectivity index (χ0n) is 13.3. The highest BCUT2D eigenvalue weighted by atomic mass is 32.2. The molecule has 0 aliphatic carbocycles. The lowest BCUT2D eigenvalue weighted by Gasteiger charge is -2.33. The van der Waals surface area contributed by atoms with Crippen molar-refractivity contribution >= 4 is 15.8 Å². The Labute approximate surface area is 127 Å². The van der Waals surface area contributed by atoms with Crippen LogP contribution < -0.4 is 5.73 Å². The van der Waals surface area contributed by atoms with Gasteiger partial charge in [0.2, 0.25) is 0 Å². The van der Waals surface area contributed by atoms with Gasteiger partial charge in [-0.1, -0.05) is 0 Å². The molecule has 0 spiro atoms. The summed E-state index contributed by atoms with van der Waals surface area (Å²) in [7, 11) is -2.86. The molecule has 1 aliphatic heterocycles. The Morgan fingerprint density at radius 1 is 1.43 bits per heavy atom. The highest BCUT2D eigenvalue weighted by Crippen LogP contribution is 2.16. The second-order valence-electron chi connectivity index (χ2n) is 6.09. The smallest absolute Gasteiger partial charge is 0.325 e. The molecule has 2 N–H and O–H groups in total. The summed E-state index contributed by atoms with van der Waals surface area (Å²) >= 11 is 0. The third kappa shape index (κ3) is 5.92. The molecule has 0 bridgehead atoms. The highest BCUT2D eigenvalue weighted by molar-refractivity contribution is 7.91.